The molecule has 1 aliphatic carbocycles. The summed E-state index contributed by atoms with van der Waals surface area (Å²) in [6.45, 7) is 5.64. The van der Waals surface area contributed by atoms with Crippen molar-refractivity contribution in [3.05, 3.63) is 28.3 Å². The van der Waals surface area contributed by atoms with Gasteiger partial charge in [-0.3, -0.25) is 14.5 Å². The average Bonchev–Trinajstić information content (AvgIpc) is 2.90. The van der Waals surface area contributed by atoms with Crippen LogP contribution in [-0.2, 0) is 21.5 Å². The number of piperidine rings is 1. The van der Waals surface area contributed by atoms with Crippen LogP contribution in [0.5, 0.6) is 5.75 Å². The first kappa shape index (κ1) is 16.7. The summed E-state index contributed by atoms with van der Waals surface area (Å²) in [5, 5.41) is 19.7. The molecule has 0 radical (unpaired) electrons. The molecule has 25 heavy (non-hydrogen) atoms. The highest BCUT2D eigenvalue weighted by molar-refractivity contribution is 6.30. The summed E-state index contributed by atoms with van der Waals surface area (Å²) in [5.74, 6) is -1.25. The van der Waals surface area contributed by atoms with Crippen LogP contribution in [0.3, 0.4) is 0 Å². The standard InChI is InChI=1S/C18H20ClNO5/c1-16(2)9-25-13-10(3-11(19)4-12(13)16)5-20-7-17(14(21)22)6-18(17,8-20)15(23)24/h3-4H,5-9H2,1-2H3,(H,21,22)(H,23,24)/t17-,18+. The number of carbonyl (C=O) groups is 2. The van der Waals surface area contributed by atoms with Crippen LogP contribution in [0, 0.1) is 10.8 Å². The first-order valence-electron chi connectivity index (χ1n) is 8.26. The maximum atomic E-state index is 11.7. The van der Waals surface area contributed by atoms with Crippen LogP contribution in [0.25, 0.3) is 0 Å². The van der Waals surface area contributed by atoms with Crippen molar-refractivity contribution in [3.63, 3.8) is 0 Å². The third-order valence-electron chi connectivity index (χ3n) is 6.03. The number of carboxylic acids is 2. The molecule has 0 spiro atoms. The highest BCUT2D eigenvalue weighted by Gasteiger charge is 2.80. The summed E-state index contributed by atoms with van der Waals surface area (Å²) in [5.41, 5.74) is -0.538. The molecule has 2 aliphatic heterocycles. The van der Waals surface area contributed by atoms with Crippen molar-refractivity contribution < 1.29 is 24.5 Å². The van der Waals surface area contributed by atoms with Crippen molar-refractivity contribution >= 4 is 23.5 Å². The van der Waals surface area contributed by atoms with Gasteiger partial charge in [0.1, 0.15) is 5.75 Å². The number of halogens is 1. The van der Waals surface area contributed by atoms with Gasteiger partial charge in [-0.05, 0) is 18.6 Å². The van der Waals surface area contributed by atoms with E-state index in [4.69, 9.17) is 16.3 Å². The molecule has 0 aromatic heterocycles. The monoisotopic (exact) mass is 365 g/mol. The minimum Gasteiger partial charge on any atom is -0.492 e. The highest BCUT2D eigenvalue weighted by Crippen LogP contribution is 2.68. The minimum atomic E-state index is -1.17. The fourth-order valence-electron chi connectivity index (χ4n) is 4.52. The van der Waals surface area contributed by atoms with Gasteiger partial charge in [0.15, 0.2) is 0 Å². The smallest absolute Gasteiger partial charge is 0.312 e. The average molecular weight is 366 g/mol. The van der Waals surface area contributed by atoms with Gasteiger partial charge in [-0.2, -0.15) is 0 Å². The normalized spacial score (nSPS) is 32.0. The zero-order chi connectivity index (χ0) is 18.2. The number of hydrogen-bond acceptors (Lipinski definition) is 4. The van der Waals surface area contributed by atoms with Crippen LogP contribution in [-0.4, -0.2) is 46.7 Å². The van der Waals surface area contributed by atoms with Crippen molar-refractivity contribution in [2.75, 3.05) is 19.7 Å². The number of hydrogen-bond donors (Lipinski definition) is 2. The van der Waals surface area contributed by atoms with Crippen LogP contribution >= 0.6 is 11.6 Å². The van der Waals surface area contributed by atoms with Crippen molar-refractivity contribution in [3.8, 4) is 5.75 Å². The van der Waals surface area contributed by atoms with E-state index in [1.807, 2.05) is 17.0 Å². The van der Waals surface area contributed by atoms with Crippen LogP contribution < -0.4 is 4.74 Å². The molecule has 2 N–H and O–H groups in total. The summed E-state index contributed by atoms with van der Waals surface area (Å²) >= 11 is 6.27. The van der Waals surface area contributed by atoms with Gasteiger partial charge in [0.25, 0.3) is 0 Å². The van der Waals surface area contributed by atoms with E-state index in [2.05, 4.69) is 13.8 Å². The molecular weight excluding hydrogens is 346 g/mol. The maximum Gasteiger partial charge on any atom is 0.312 e. The largest absolute Gasteiger partial charge is 0.492 e. The number of nitrogens with zero attached hydrogens (tertiary/aromatic N) is 1. The zero-order valence-electron chi connectivity index (χ0n) is 14.1. The van der Waals surface area contributed by atoms with E-state index in [9.17, 15) is 19.8 Å². The first-order chi connectivity index (χ1) is 11.6. The lowest BCUT2D eigenvalue weighted by Gasteiger charge is -2.21. The van der Waals surface area contributed by atoms with E-state index < -0.39 is 22.8 Å². The molecule has 0 bridgehead atoms. The molecule has 6 nitrogen and oxygen atoms in total. The summed E-state index contributed by atoms with van der Waals surface area (Å²) in [6.07, 6.45) is 0.207. The molecule has 3 aliphatic rings. The summed E-state index contributed by atoms with van der Waals surface area (Å²) in [7, 11) is 0. The van der Waals surface area contributed by atoms with E-state index >= 15 is 0 Å². The van der Waals surface area contributed by atoms with E-state index in [-0.39, 0.29) is 24.9 Å². The lowest BCUT2D eigenvalue weighted by atomic mass is 9.86. The van der Waals surface area contributed by atoms with Gasteiger partial charge in [-0.15, -0.1) is 0 Å². The third kappa shape index (κ3) is 2.13. The lowest BCUT2D eigenvalue weighted by Crippen LogP contribution is -2.28. The van der Waals surface area contributed by atoms with Gasteiger partial charge in [-0.1, -0.05) is 25.4 Å². The van der Waals surface area contributed by atoms with Crippen molar-refractivity contribution in [2.45, 2.75) is 32.2 Å². The number of fused-ring (bicyclic) bond motifs is 2. The Kier molecular flexibility index (Phi) is 3.26. The first-order valence-corrected chi connectivity index (χ1v) is 8.64. The molecule has 4 rings (SSSR count). The molecule has 2 fully saturated rings. The van der Waals surface area contributed by atoms with Crippen molar-refractivity contribution in [1.82, 2.24) is 4.90 Å². The van der Waals surface area contributed by atoms with E-state index in [1.54, 1.807) is 0 Å². The Morgan fingerprint density at radius 1 is 1.20 bits per heavy atom. The van der Waals surface area contributed by atoms with E-state index in [0.717, 1.165) is 16.9 Å². The molecule has 0 amide bonds. The molecule has 7 heteroatoms. The Bertz CT molecular complexity index is 779. The van der Waals surface area contributed by atoms with Crippen LogP contribution in [0.4, 0.5) is 0 Å². The second-order valence-corrected chi connectivity index (χ2v) is 8.65. The molecule has 1 saturated heterocycles. The van der Waals surface area contributed by atoms with Crippen molar-refractivity contribution in [2.24, 2.45) is 10.8 Å². The summed E-state index contributed by atoms with van der Waals surface area (Å²) < 4.78 is 5.88. The quantitative estimate of drug-likeness (QED) is 0.851. The Labute approximate surface area is 150 Å². The third-order valence-corrected chi connectivity index (χ3v) is 6.25. The molecule has 1 aromatic rings. The predicted octanol–water partition coefficient (Wildman–Crippen LogP) is 2.37. The minimum absolute atomic E-state index is 0.132. The molecule has 0 unspecified atom stereocenters. The van der Waals surface area contributed by atoms with Crippen molar-refractivity contribution in [1.29, 1.82) is 0 Å². The SMILES string of the molecule is CC1(C)COc2c(CN3C[C@@]4(C(=O)O)C[C@@]4(C(=O)O)C3)cc(Cl)cc21. The number of benzene rings is 1. The van der Waals surface area contributed by atoms with Gasteiger partial charge in [-0.25, -0.2) is 0 Å². The highest BCUT2D eigenvalue weighted by atomic mass is 35.5. The maximum absolute atomic E-state index is 11.7. The van der Waals surface area contributed by atoms with Crippen LogP contribution in [0.1, 0.15) is 31.4 Å². The molecule has 134 valence electrons. The molecular formula is C18H20ClNO5. The predicted molar refractivity (Wildman–Crippen MR) is 90.0 cm³/mol. The van der Waals surface area contributed by atoms with Gasteiger partial charge < -0.3 is 14.9 Å². The summed E-state index contributed by atoms with van der Waals surface area (Å²) in [6, 6.07) is 3.74. The Balaban J connectivity index is 1.64. The molecule has 1 aromatic carbocycles. The molecule has 2 heterocycles. The Morgan fingerprint density at radius 3 is 2.36 bits per heavy atom. The zero-order valence-corrected chi connectivity index (χ0v) is 14.9. The number of likely N-dealkylation sites (tertiary alicyclic amines) is 1. The fourth-order valence-corrected chi connectivity index (χ4v) is 4.77. The van der Waals surface area contributed by atoms with Crippen LogP contribution in [0.2, 0.25) is 5.02 Å². The number of rotatable bonds is 4. The molecule has 1 saturated carbocycles. The van der Waals surface area contributed by atoms with Gasteiger partial charge in [0.2, 0.25) is 0 Å². The topological polar surface area (TPSA) is 87.1 Å². The lowest BCUT2D eigenvalue weighted by molar-refractivity contribution is -0.151. The van der Waals surface area contributed by atoms with Gasteiger partial charge in [0.05, 0.1) is 17.4 Å². The Morgan fingerprint density at radius 2 is 1.80 bits per heavy atom. The number of aliphatic carboxylic acids is 2. The van der Waals surface area contributed by atoms with Gasteiger partial charge in [0, 0.05) is 41.2 Å². The second-order valence-electron chi connectivity index (χ2n) is 8.21. The second kappa shape index (κ2) is 4.89. The Hall–Kier alpha value is -1.79. The molecule has 2 atom stereocenters. The fraction of sp³-hybridized carbons (Fsp3) is 0.556. The summed E-state index contributed by atoms with van der Waals surface area (Å²) in [4.78, 5) is 25.2. The van der Waals surface area contributed by atoms with E-state index in [0.29, 0.717) is 18.2 Å². The van der Waals surface area contributed by atoms with Crippen LogP contribution in [0.15, 0.2) is 12.1 Å². The van der Waals surface area contributed by atoms with E-state index in [1.165, 1.54) is 0 Å². The number of ether oxygens (including phenoxy) is 1. The number of carboxylic acid groups (broad SMARTS) is 2. The van der Waals surface area contributed by atoms with Gasteiger partial charge >= 0.3 is 11.9 Å².